The Morgan fingerprint density at radius 2 is 1.69 bits per heavy atom. The van der Waals surface area contributed by atoms with E-state index in [2.05, 4.69) is 25.7 Å². The molecule has 1 saturated carbocycles. The summed E-state index contributed by atoms with van der Waals surface area (Å²) in [6.07, 6.45) is -7.99. The SMILES string of the molecule is COC(=O)[C@H](CSNC(=O)[C@@H](CC1CC1)[C@@H](CCC(F)(F)F)C(=O)N[C@H]1N=C(c2ccccc2)c2cccc(F)c2NC1=O)NC(=O)OC(C)(C)C. The molecular formula is C35H41F4N5O7S. The molecule has 0 unspecified atom stereocenters. The van der Waals surface area contributed by atoms with Gasteiger partial charge in [-0.2, -0.15) is 13.2 Å². The second-order valence-corrected chi connectivity index (χ2v) is 14.3. The number of alkyl halides is 3. The second kappa shape index (κ2) is 17.2. The summed E-state index contributed by atoms with van der Waals surface area (Å²) in [5.41, 5.74) is -0.211. The zero-order valence-electron chi connectivity index (χ0n) is 29.0. The van der Waals surface area contributed by atoms with Crippen LogP contribution in [0.2, 0.25) is 0 Å². The molecule has 0 radical (unpaired) electrons. The summed E-state index contributed by atoms with van der Waals surface area (Å²) in [6.45, 7) is 4.86. The van der Waals surface area contributed by atoms with Gasteiger partial charge in [0.2, 0.25) is 18.0 Å². The number of benzene rings is 2. The molecule has 0 saturated heterocycles. The van der Waals surface area contributed by atoms with Crippen molar-refractivity contribution in [2.24, 2.45) is 22.7 Å². The van der Waals surface area contributed by atoms with Crippen LogP contribution in [0.5, 0.6) is 0 Å². The van der Waals surface area contributed by atoms with Crippen LogP contribution in [0.15, 0.2) is 53.5 Å². The zero-order chi connectivity index (χ0) is 38.2. The van der Waals surface area contributed by atoms with Crippen molar-refractivity contribution in [1.82, 2.24) is 15.4 Å². The molecule has 1 fully saturated rings. The highest BCUT2D eigenvalue weighted by Gasteiger charge is 2.42. The molecule has 2 aromatic carbocycles. The summed E-state index contributed by atoms with van der Waals surface area (Å²) >= 11 is 0.687. The first-order chi connectivity index (χ1) is 24.5. The van der Waals surface area contributed by atoms with Crippen LogP contribution in [0.1, 0.15) is 64.0 Å². The molecule has 2 aromatic rings. The largest absolute Gasteiger partial charge is 0.467 e. The third-order valence-corrected chi connectivity index (χ3v) is 8.98. The Morgan fingerprint density at radius 1 is 1.00 bits per heavy atom. The number of para-hydroxylation sites is 1. The molecule has 1 heterocycles. The van der Waals surface area contributed by atoms with Crippen molar-refractivity contribution in [1.29, 1.82) is 0 Å². The minimum atomic E-state index is -4.67. The van der Waals surface area contributed by atoms with Crippen molar-refractivity contribution in [3.63, 3.8) is 0 Å². The number of carbonyl (C=O) groups excluding carboxylic acids is 5. The third kappa shape index (κ3) is 11.7. The third-order valence-electron chi connectivity index (χ3n) is 8.13. The van der Waals surface area contributed by atoms with Gasteiger partial charge >= 0.3 is 18.2 Å². The van der Waals surface area contributed by atoms with E-state index in [1.165, 1.54) is 12.1 Å². The van der Waals surface area contributed by atoms with E-state index in [1.54, 1.807) is 51.1 Å². The number of alkyl carbamates (subject to hydrolysis) is 1. The van der Waals surface area contributed by atoms with E-state index < -0.39 is 84.3 Å². The van der Waals surface area contributed by atoms with Crippen LogP contribution in [0.4, 0.5) is 28.0 Å². The molecule has 0 aromatic heterocycles. The number of rotatable bonds is 14. The summed E-state index contributed by atoms with van der Waals surface area (Å²) in [5.74, 6) is -7.48. The molecule has 0 bridgehead atoms. The number of benzodiazepines with no additional fused rings is 1. The van der Waals surface area contributed by atoms with E-state index in [0.29, 0.717) is 30.4 Å². The highest BCUT2D eigenvalue weighted by molar-refractivity contribution is 7.98. The van der Waals surface area contributed by atoms with Crippen molar-refractivity contribution in [3.8, 4) is 0 Å². The van der Waals surface area contributed by atoms with E-state index in [0.717, 1.165) is 13.2 Å². The van der Waals surface area contributed by atoms with Crippen molar-refractivity contribution < 1.29 is 51.0 Å². The van der Waals surface area contributed by atoms with Gasteiger partial charge in [0.05, 0.1) is 24.4 Å². The number of halogens is 4. The molecule has 17 heteroatoms. The van der Waals surface area contributed by atoms with E-state index in [-0.39, 0.29) is 35.1 Å². The predicted octanol–water partition coefficient (Wildman–Crippen LogP) is 5.26. The lowest BCUT2D eigenvalue weighted by Crippen LogP contribution is -2.49. The number of nitrogens with zero attached hydrogens (tertiary/aromatic N) is 1. The van der Waals surface area contributed by atoms with Crippen LogP contribution < -0.4 is 20.7 Å². The number of esters is 1. The van der Waals surface area contributed by atoms with Gasteiger partial charge in [-0.05, 0) is 57.5 Å². The lowest BCUT2D eigenvalue weighted by molar-refractivity contribution is -0.147. The van der Waals surface area contributed by atoms with Gasteiger partial charge in [0.25, 0.3) is 5.91 Å². The average molecular weight is 752 g/mol. The summed E-state index contributed by atoms with van der Waals surface area (Å²) in [4.78, 5) is 70.1. The maximum absolute atomic E-state index is 14.9. The van der Waals surface area contributed by atoms with E-state index in [9.17, 15) is 41.5 Å². The lowest BCUT2D eigenvalue weighted by Gasteiger charge is -2.27. The van der Waals surface area contributed by atoms with Crippen molar-refractivity contribution >= 4 is 53.1 Å². The van der Waals surface area contributed by atoms with Gasteiger partial charge in [0.15, 0.2) is 0 Å². The average Bonchev–Trinajstić information content (AvgIpc) is 3.90. The molecule has 4 amide bonds. The smallest absolute Gasteiger partial charge is 0.408 e. The van der Waals surface area contributed by atoms with Crippen LogP contribution in [-0.4, -0.2) is 72.3 Å². The summed E-state index contributed by atoms with van der Waals surface area (Å²) in [7, 11) is 1.10. The number of carbonyl (C=O) groups is 5. The van der Waals surface area contributed by atoms with E-state index >= 15 is 0 Å². The van der Waals surface area contributed by atoms with E-state index in [4.69, 9.17) is 9.47 Å². The maximum Gasteiger partial charge on any atom is 0.408 e. The second-order valence-electron chi connectivity index (χ2n) is 13.5. The highest BCUT2D eigenvalue weighted by atomic mass is 32.2. The highest BCUT2D eigenvalue weighted by Crippen LogP contribution is 2.40. The van der Waals surface area contributed by atoms with Gasteiger partial charge in [-0.25, -0.2) is 19.0 Å². The number of amides is 4. The number of methoxy groups -OCH3 is 1. The van der Waals surface area contributed by atoms with Crippen molar-refractivity contribution in [2.75, 3.05) is 18.2 Å². The van der Waals surface area contributed by atoms with Crippen LogP contribution >= 0.6 is 11.9 Å². The minimum Gasteiger partial charge on any atom is -0.467 e. The molecule has 0 spiro atoms. The van der Waals surface area contributed by atoms with Gasteiger partial charge in [-0.15, -0.1) is 0 Å². The summed E-state index contributed by atoms with van der Waals surface area (Å²) < 4.78 is 68.1. The van der Waals surface area contributed by atoms with Crippen LogP contribution in [0, 0.1) is 23.6 Å². The summed E-state index contributed by atoms with van der Waals surface area (Å²) in [6, 6.07) is 11.3. The van der Waals surface area contributed by atoms with Gasteiger partial charge in [-0.1, -0.05) is 55.3 Å². The molecule has 4 atom stereocenters. The Bertz CT molecular complexity index is 1660. The standard InChI is InChI=1S/C35H41F4N5O7S/c1-34(2,3)51-33(49)40-25(32(48)50-4)18-52-44-30(46)23(17-19-13-14-19)21(15-16-35(37,38)39)29(45)43-28-31(47)42-27-22(11-8-12-24(27)36)26(41-28)20-9-6-5-7-10-20/h5-12,19,21,23,25,28H,13-18H2,1-4H3,(H,40,49)(H,42,47)(H,43,45)(H,44,46)/t21-,23+,25+,28-/m1/s1. The Kier molecular flexibility index (Phi) is 13.3. The number of hydrogen-bond donors (Lipinski definition) is 4. The lowest BCUT2D eigenvalue weighted by atomic mass is 9.83. The molecule has 52 heavy (non-hydrogen) atoms. The number of aliphatic imine (C=N–C) groups is 1. The van der Waals surface area contributed by atoms with Crippen LogP contribution in [-0.2, 0) is 28.7 Å². The summed E-state index contributed by atoms with van der Waals surface area (Å²) in [5, 5.41) is 7.22. The first kappa shape index (κ1) is 40.1. The zero-order valence-corrected chi connectivity index (χ0v) is 29.8. The molecule has 12 nitrogen and oxygen atoms in total. The van der Waals surface area contributed by atoms with Crippen LogP contribution in [0.25, 0.3) is 0 Å². The number of nitrogens with one attached hydrogen (secondary N) is 4. The monoisotopic (exact) mass is 751 g/mol. The Labute approximate surface area is 302 Å². The van der Waals surface area contributed by atoms with Gasteiger partial charge in [0, 0.05) is 29.2 Å². The van der Waals surface area contributed by atoms with Crippen molar-refractivity contribution in [3.05, 3.63) is 65.5 Å². The fraction of sp³-hybridized carbons (Fsp3) is 0.486. The predicted molar refractivity (Wildman–Crippen MR) is 184 cm³/mol. The fourth-order valence-corrected chi connectivity index (χ4v) is 6.26. The molecule has 1 aliphatic carbocycles. The Morgan fingerprint density at radius 3 is 2.31 bits per heavy atom. The number of anilines is 1. The molecular weight excluding hydrogens is 710 g/mol. The fourth-order valence-electron chi connectivity index (χ4n) is 5.50. The first-order valence-electron chi connectivity index (χ1n) is 16.5. The van der Waals surface area contributed by atoms with Gasteiger partial charge in [-0.3, -0.25) is 19.1 Å². The first-order valence-corrected chi connectivity index (χ1v) is 17.5. The topological polar surface area (TPSA) is 164 Å². The number of ether oxygens (including phenoxy) is 2. The Hall–Kier alpha value is -4.67. The molecule has 4 N–H and O–H groups in total. The molecule has 282 valence electrons. The number of fused-ring (bicyclic) bond motifs is 1. The molecule has 1 aliphatic heterocycles. The minimum absolute atomic E-state index is 0.0278. The van der Waals surface area contributed by atoms with Gasteiger partial charge in [0.1, 0.15) is 17.5 Å². The quantitative estimate of drug-likeness (QED) is 0.115. The van der Waals surface area contributed by atoms with Crippen LogP contribution in [0.3, 0.4) is 0 Å². The van der Waals surface area contributed by atoms with Crippen molar-refractivity contribution in [2.45, 2.75) is 76.9 Å². The van der Waals surface area contributed by atoms with Gasteiger partial charge < -0.3 is 25.4 Å². The molecule has 2 aliphatic rings. The Balaban J connectivity index is 1.58. The number of hydrogen-bond acceptors (Lipinski definition) is 9. The molecule has 4 rings (SSSR count). The van der Waals surface area contributed by atoms with E-state index in [1.807, 2.05) is 0 Å². The normalized spacial score (nSPS) is 17.6. The maximum atomic E-state index is 14.9.